The molecule has 17 heavy (non-hydrogen) atoms. The number of hydrogen-bond acceptors (Lipinski definition) is 3. The van der Waals surface area contributed by atoms with Gasteiger partial charge in [-0.05, 0) is 30.5 Å². The van der Waals surface area contributed by atoms with Crippen molar-refractivity contribution in [3.8, 4) is 6.07 Å². The third-order valence-corrected chi connectivity index (χ3v) is 3.16. The number of ether oxygens (including phenoxy) is 1. The summed E-state index contributed by atoms with van der Waals surface area (Å²) in [6.07, 6.45) is 2.44. The largest absolute Gasteiger partial charge is 0.377 e. The van der Waals surface area contributed by atoms with Crippen LogP contribution in [-0.4, -0.2) is 19.3 Å². The number of hydrogen-bond donors (Lipinski definition) is 1. The fourth-order valence-electron chi connectivity index (χ4n) is 1.95. The van der Waals surface area contributed by atoms with Crippen LogP contribution in [0.3, 0.4) is 0 Å². The zero-order valence-corrected chi connectivity index (χ0v) is 10.3. The Bertz CT molecular complexity index is 393. The number of rotatable bonds is 4. The van der Waals surface area contributed by atoms with Gasteiger partial charge in [-0.2, -0.15) is 5.26 Å². The maximum atomic E-state index is 9.14. The van der Waals surface area contributed by atoms with E-state index in [1.807, 2.05) is 12.1 Å². The van der Waals surface area contributed by atoms with Crippen molar-refractivity contribution < 1.29 is 4.74 Å². The average molecular weight is 251 g/mol. The zero-order chi connectivity index (χ0) is 12.1. The van der Waals surface area contributed by atoms with Gasteiger partial charge in [0.2, 0.25) is 0 Å². The van der Waals surface area contributed by atoms with Gasteiger partial charge < -0.3 is 4.74 Å². The maximum Gasteiger partial charge on any atom is 0.121 e. The summed E-state index contributed by atoms with van der Waals surface area (Å²) in [7, 11) is 0. The molecule has 4 heteroatoms. The van der Waals surface area contributed by atoms with Crippen molar-refractivity contribution in [1.29, 1.82) is 5.26 Å². The van der Waals surface area contributed by atoms with Crippen LogP contribution in [0, 0.1) is 11.3 Å². The Morgan fingerprint density at radius 1 is 1.47 bits per heavy atom. The Kier molecular flexibility index (Phi) is 4.38. The number of nitriles is 1. The first-order valence-corrected chi connectivity index (χ1v) is 6.17. The average Bonchev–Trinajstić information content (AvgIpc) is 2.85. The van der Waals surface area contributed by atoms with Crippen molar-refractivity contribution in [2.75, 3.05) is 13.2 Å². The van der Waals surface area contributed by atoms with Gasteiger partial charge in [-0.15, -0.1) is 0 Å². The Morgan fingerprint density at radius 3 is 2.82 bits per heavy atom. The van der Waals surface area contributed by atoms with E-state index in [-0.39, 0.29) is 12.1 Å². The van der Waals surface area contributed by atoms with E-state index in [2.05, 4.69) is 11.4 Å². The summed E-state index contributed by atoms with van der Waals surface area (Å²) < 4.78 is 5.51. The molecule has 3 nitrogen and oxygen atoms in total. The smallest absolute Gasteiger partial charge is 0.121 e. The van der Waals surface area contributed by atoms with Gasteiger partial charge in [0, 0.05) is 18.2 Å². The molecule has 0 aliphatic carbocycles. The van der Waals surface area contributed by atoms with Gasteiger partial charge in [-0.25, -0.2) is 0 Å². The molecule has 0 radical (unpaired) electrons. The molecule has 1 aliphatic heterocycles. The number of nitrogens with zero attached hydrogens (tertiary/aromatic N) is 1. The van der Waals surface area contributed by atoms with Gasteiger partial charge in [0.1, 0.15) is 6.04 Å². The second kappa shape index (κ2) is 6.02. The minimum Gasteiger partial charge on any atom is -0.377 e. The molecule has 2 unspecified atom stereocenters. The van der Waals surface area contributed by atoms with Crippen LogP contribution in [0.4, 0.5) is 0 Å². The van der Waals surface area contributed by atoms with E-state index in [0.717, 1.165) is 31.6 Å². The molecule has 2 atom stereocenters. The SMILES string of the molecule is N#CC(NCC1CCCO1)c1ccc(Cl)cc1. The highest BCUT2D eigenvalue weighted by atomic mass is 35.5. The lowest BCUT2D eigenvalue weighted by atomic mass is 10.1. The molecule has 0 spiro atoms. The monoisotopic (exact) mass is 250 g/mol. The molecule has 90 valence electrons. The molecular formula is C13H15ClN2O. The van der Waals surface area contributed by atoms with Crippen molar-refractivity contribution in [3.63, 3.8) is 0 Å². The van der Waals surface area contributed by atoms with E-state index < -0.39 is 0 Å². The summed E-state index contributed by atoms with van der Waals surface area (Å²) in [4.78, 5) is 0. The summed E-state index contributed by atoms with van der Waals surface area (Å²) >= 11 is 5.82. The fraction of sp³-hybridized carbons (Fsp3) is 0.462. The molecule has 1 fully saturated rings. The first-order valence-electron chi connectivity index (χ1n) is 5.79. The molecule has 1 heterocycles. The zero-order valence-electron chi connectivity index (χ0n) is 9.53. The van der Waals surface area contributed by atoms with Gasteiger partial charge >= 0.3 is 0 Å². The van der Waals surface area contributed by atoms with Gasteiger partial charge in [0.15, 0.2) is 0 Å². The Balaban J connectivity index is 1.92. The highest BCUT2D eigenvalue weighted by molar-refractivity contribution is 6.30. The van der Waals surface area contributed by atoms with Crippen LogP contribution in [0.5, 0.6) is 0 Å². The number of nitrogens with one attached hydrogen (secondary N) is 1. The second-order valence-corrected chi connectivity index (χ2v) is 4.59. The molecule has 0 amide bonds. The van der Waals surface area contributed by atoms with Crippen molar-refractivity contribution >= 4 is 11.6 Å². The van der Waals surface area contributed by atoms with Crippen LogP contribution >= 0.6 is 11.6 Å². The third kappa shape index (κ3) is 3.44. The first-order chi connectivity index (χ1) is 8.29. The van der Waals surface area contributed by atoms with Crippen molar-refractivity contribution in [3.05, 3.63) is 34.9 Å². The van der Waals surface area contributed by atoms with E-state index in [4.69, 9.17) is 21.6 Å². The van der Waals surface area contributed by atoms with Gasteiger partial charge in [-0.3, -0.25) is 5.32 Å². The fourth-order valence-corrected chi connectivity index (χ4v) is 2.07. The lowest BCUT2D eigenvalue weighted by molar-refractivity contribution is 0.109. The Hall–Kier alpha value is -1.08. The van der Waals surface area contributed by atoms with Gasteiger partial charge in [0.05, 0.1) is 12.2 Å². The van der Waals surface area contributed by atoms with E-state index in [1.54, 1.807) is 12.1 Å². The minimum absolute atomic E-state index is 0.248. The topological polar surface area (TPSA) is 45.0 Å². The quantitative estimate of drug-likeness (QED) is 0.894. The minimum atomic E-state index is -0.295. The molecular weight excluding hydrogens is 236 g/mol. The number of benzene rings is 1. The Labute approximate surface area is 106 Å². The standard InChI is InChI=1S/C13H15ClN2O/c14-11-5-3-10(4-6-11)13(8-15)16-9-12-2-1-7-17-12/h3-6,12-13,16H,1-2,7,9H2. The summed E-state index contributed by atoms with van der Waals surface area (Å²) in [6.45, 7) is 1.56. The van der Waals surface area contributed by atoms with E-state index in [9.17, 15) is 0 Å². The summed E-state index contributed by atoms with van der Waals surface area (Å²) in [6, 6.07) is 9.31. The predicted molar refractivity (Wildman–Crippen MR) is 66.8 cm³/mol. The molecule has 2 rings (SSSR count). The molecule has 0 bridgehead atoms. The highest BCUT2D eigenvalue weighted by Gasteiger charge is 2.17. The van der Waals surface area contributed by atoms with Crippen LogP contribution in [0.15, 0.2) is 24.3 Å². The summed E-state index contributed by atoms with van der Waals surface area (Å²) in [5, 5.41) is 13.0. The van der Waals surface area contributed by atoms with Crippen LogP contribution in [-0.2, 0) is 4.74 Å². The molecule has 1 aliphatic rings. The molecule has 1 saturated heterocycles. The summed E-state index contributed by atoms with van der Waals surface area (Å²) in [5.41, 5.74) is 0.940. The Morgan fingerprint density at radius 2 is 2.24 bits per heavy atom. The lowest BCUT2D eigenvalue weighted by Gasteiger charge is -2.15. The highest BCUT2D eigenvalue weighted by Crippen LogP contribution is 2.17. The van der Waals surface area contributed by atoms with Crippen LogP contribution in [0.2, 0.25) is 5.02 Å². The van der Waals surface area contributed by atoms with Crippen LogP contribution in [0.25, 0.3) is 0 Å². The van der Waals surface area contributed by atoms with E-state index >= 15 is 0 Å². The van der Waals surface area contributed by atoms with Crippen molar-refractivity contribution in [2.24, 2.45) is 0 Å². The van der Waals surface area contributed by atoms with Gasteiger partial charge in [0.25, 0.3) is 0 Å². The maximum absolute atomic E-state index is 9.14. The van der Waals surface area contributed by atoms with E-state index in [1.165, 1.54) is 0 Å². The third-order valence-electron chi connectivity index (χ3n) is 2.91. The second-order valence-electron chi connectivity index (χ2n) is 4.16. The normalized spacial score (nSPS) is 21.1. The molecule has 1 aromatic rings. The molecule has 1 aromatic carbocycles. The van der Waals surface area contributed by atoms with Crippen LogP contribution < -0.4 is 5.32 Å². The lowest BCUT2D eigenvalue weighted by Crippen LogP contribution is -2.29. The first kappa shape index (κ1) is 12.4. The number of halogens is 1. The van der Waals surface area contributed by atoms with Crippen molar-refractivity contribution in [2.45, 2.75) is 25.0 Å². The molecule has 0 aromatic heterocycles. The van der Waals surface area contributed by atoms with Gasteiger partial charge in [-0.1, -0.05) is 23.7 Å². The predicted octanol–water partition coefficient (Wildman–Crippen LogP) is 2.67. The van der Waals surface area contributed by atoms with Crippen molar-refractivity contribution in [1.82, 2.24) is 5.32 Å². The molecule has 0 saturated carbocycles. The summed E-state index contributed by atoms with van der Waals surface area (Å²) in [5.74, 6) is 0. The van der Waals surface area contributed by atoms with Crippen LogP contribution in [0.1, 0.15) is 24.4 Å². The molecule has 1 N–H and O–H groups in total. The van der Waals surface area contributed by atoms with E-state index in [0.29, 0.717) is 5.02 Å².